The number of hydrogen-bond acceptors (Lipinski definition) is 3. The van der Waals surface area contributed by atoms with E-state index in [1.807, 2.05) is 30.3 Å². The van der Waals surface area contributed by atoms with Crippen LogP contribution in [0.15, 0.2) is 59.5 Å². The highest BCUT2D eigenvalue weighted by Crippen LogP contribution is 2.14. The zero-order chi connectivity index (χ0) is 15.1. The SMILES string of the molecule is C=CCN(Cc1ccccc1)C(=O)c1ccc(COC)o1. The van der Waals surface area contributed by atoms with Gasteiger partial charge in [-0.2, -0.15) is 0 Å². The predicted octanol–water partition coefficient (Wildman–Crippen LogP) is 3.25. The number of nitrogens with zero attached hydrogens (tertiary/aromatic N) is 1. The third-order valence-electron chi connectivity index (χ3n) is 3.01. The second-order valence-electron chi connectivity index (χ2n) is 4.66. The van der Waals surface area contributed by atoms with Gasteiger partial charge < -0.3 is 14.1 Å². The monoisotopic (exact) mass is 285 g/mol. The molecule has 0 saturated heterocycles. The van der Waals surface area contributed by atoms with Gasteiger partial charge >= 0.3 is 0 Å². The van der Waals surface area contributed by atoms with Crippen LogP contribution in [0.4, 0.5) is 0 Å². The van der Waals surface area contributed by atoms with Gasteiger partial charge in [0.25, 0.3) is 5.91 Å². The number of furan rings is 1. The average molecular weight is 285 g/mol. The second-order valence-corrected chi connectivity index (χ2v) is 4.66. The Morgan fingerprint density at radius 3 is 2.71 bits per heavy atom. The third kappa shape index (κ3) is 4.07. The Hall–Kier alpha value is -2.33. The predicted molar refractivity (Wildman–Crippen MR) is 80.8 cm³/mol. The molecule has 4 heteroatoms. The minimum atomic E-state index is -0.152. The van der Waals surface area contributed by atoms with E-state index in [0.29, 0.717) is 31.2 Å². The van der Waals surface area contributed by atoms with Gasteiger partial charge in [-0.25, -0.2) is 0 Å². The first-order valence-electron chi connectivity index (χ1n) is 6.76. The van der Waals surface area contributed by atoms with Crippen LogP contribution in [0.25, 0.3) is 0 Å². The van der Waals surface area contributed by atoms with E-state index in [4.69, 9.17) is 9.15 Å². The van der Waals surface area contributed by atoms with E-state index >= 15 is 0 Å². The van der Waals surface area contributed by atoms with Crippen LogP contribution in [0.3, 0.4) is 0 Å². The van der Waals surface area contributed by atoms with Crippen molar-refractivity contribution in [3.63, 3.8) is 0 Å². The summed E-state index contributed by atoms with van der Waals surface area (Å²) in [5.41, 5.74) is 1.07. The molecule has 0 aliphatic rings. The normalized spacial score (nSPS) is 10.3. The highest BCUT2D eigenvalue weighted by molar-refractivity contribution is 5.91. The summed E-state index contributed by atoms with van der Waals surface area (Å²) >= 11 is 0. The van der Waals surface area contributed by atoms with Gasteiger partial charge in [0.1, 0.15) is 12.4 Å². The molecule has 0 aliphatic heterocycles. The topological polar surface area (TPSA) is 42.7 Å². The molecule has 2 aromatic rings. The number of hydrogen-bond donors (Lipinski definition) is 0. The number of rotatable bonds is 7. The molecule has 0 saturated carbocycles. The van der Waals surface area contributed by atoms with Crippen molar-refractivity contribution in [1.29, 1.82) is 0 Å². The van der Waals surface area contributed by atoms with Gasteiger partial charge in [-0.05, 0) is 17.7 Å². The quantitative estimate of drug-likeness (QED) is 0.733. The maximum absolute atomic E-state index is 12.5. The summed E-state index contributed by atoms with van der Waals surface area (Å²) in [4.78, 5) is 14.2. The number of amides is 1. The molecular weight excluding hydrogens is 266 g/mol. The first-order valence-corrected chi connectivity index (χ1v) is 6.76. The molecule has 1 aromatic heterocycles. The van der Waals surface area contributed by atoms with Gasteiger partial charge in [0.05, 0.1) is 0 Å². The Kier molecular flexibility index (Phi) is 5.35. The van der Waals surface area contributed by atoms with Crippen molar-refractivity contribution in [3.8, 4) is 0 Å². The van der Waals surface area contributed by atoms with Crippen molar-refractivity contribution in [2.75, 3.05) is 13.7 Å². The minimum Gasteiger partial charge on any atom is -0.453 e. The second kappa shape index (κ2) is 7.45. The van der Waals surface area contributed by atoms with Crippen LogP contribution < -0.4 is 0 Å². The lowest BCUT2D eigenvalue weighted by molar-refractivity contribution is 0.0723. The molecule has 0 fully saturated rings. The Morgan fingerprint density at radius 2 is 2.05 bits per heavy atom. The van der Waals surface area contributed by atoms with Gasteiger partial charge in [0, 0.05) is 20.2 Å². The lowest BCUT2D eigenvalue weighted by Crippen LogP contribution is -2.30. The summed E-state index contributed by atoms with van der Waals surface area (Å²) in [5.74, 6) is 0.806. The van der Waals surface area contributed by atoms with Crippen LogP contribution in [-0.4, -0.2) is 24.5 Å². The standard InChI is InChI=1S/C17H19NO3/c1-3-11-18(12-14-7-5-4-6-8-14)17(19)16-10-9-15(21-16)13-20-2/h3-10H,1,11-13H2,2H3. The number of carbonyl (C=O) groups excluding carboxylic acids is 1. The number of benzene rings is 1. The lowest BCUT2D eigenvalue weighted by atomic mass is 10.2. The molecule has 0 unspecified atom stereocenters. The van der Waals surface area contributed by atoms with Crippen LogP contribution in [0, 0.1) is 0 Å². The van der Waals surface area contributed by atoms with Gasteiger partial charge in [0.15, 0.2) is 5.76 Å². The van der Waals surface area contributed by atoms with Gasteiger partial charge in [-0.3, -0.25) is 4.79 Å². The fourth-order valence-electron chi connectivity index (χ4n) is 2.05. The first-order chi connectivity index (χ1) is 10.2. The summed E-state index contributed by atoms with van der Waals surface area (Å²) in [7, 11) is 1.59. The number of methoxy groups -OCH3 is 1. The van der Waals surface area contributed by atoms with Crippen molar-refractivity contribution in [2.45, 2.75) is 13.2 Å². The Bertz CT molecular complexity index is 589. The molecule has 1 heterocycles. The molecule has 1 aromatic carbocycles. The molecule has 2 rings (SSSR count). The number of ether oxygens (including phenoxy) is 1. The zero-order valence-corrected chi connectivity index (χ0v) is 12.1. The number of carbonyl (C=O) groups is 1. The molecular formula is C17H19NO3. The van der Waals surface area contributed by atoms with Crippen molar-refractivity contribution in [2.24, 2.45) is 0 Å². The Labute approximate surface area is 124 Å². The summed E-state index contributed by atoms with van der Waals surface area (Å²) < 4.78 is 10.5. The fourth-order valence-corrected chi connectivity index (χ4v) is 2.05. The fraction of sp³-hybridized carbons (Fsp3) is 0.235. The van der Waals surface area contributed by atoms with E-state index in [-0.39, 0.29) is 5.91 Å². The average Bonchev–Trinajstić information content (AvgIpc) is 2.96. The van der Waals surface area contributed by atoms with E-state index in [9.17, 15) is 4.79 Å². The summed E-state index contributed by atoms with van der Waals surface area (Å²) in [6.07, 6.45) is 1.71. The first kappa shape index (κ1) is 15.1. The van der Waals surface area contributed by atoms with Crippen LogP contribution in [0.2, 0.25) is 0 Å². The van der Waals surface area contributed by atoms with E-state index < -0.39 is 0 Å². The molecule has 0 radical (unpaired) electrons. The summed E-state index contributed by atoms with van der Waals surface area (Å²) in [6, 6.07) is 13.3. The summed E-state index contributed by atoms with van der Waals surface area (Å²) in [5, 5.41) is 0. The largest absolute Gasteiger partial charge is 0.453 e. The molecule has 1 amide bonds. The van der Waals surface area contributed by atoms with Gasteiger partial charge in [-0.15, -0.1) is 6.58 Å². The maximum atomic E-state index is 12.5. The van der Waals surface area contributed by atoms with Crippen LogP contribution in [0.5, 0.6) is 0 Å². The molecule has 110 valence electrons. The zero-order valence-electron chi connectivity index (χ0n) is 12.1. The minimum absolute atomic E-state index is 0.152. The Morgan fingerprint density at radius 1 is 1.29 bits per heavy atom. The summed E-state index contributed by atoms with van der Waals surface area (Å²) in [6.45, 7) is 5.05. The van der Waals surface area contributed by atoms with E-state index in [0.717, 1.165) is 5.56 Å². The van der Waals surface area contributed by atoms with E-state index in [1.54, 1.807) is 30.2 Å². The van der Waals surface area contributed by atoms with Crippen LogP contribution in [-0.2, 0) is 17.9 Å². The smallest absolute Gasteiger partial charge is 0.290 e. The van der Waals surface area contributed by atoms with Crippen molar-refractivity contribution < 1.29 is 13.9 Å². The third-order valence-corrected chi connectivity index (χ3v) is 3.01. The van der Waals surface area contributed by atoms with Crippen molar-refractivity contribution in [1.82, 2.24) is 4.90 Å². The van der Waals surface area contributed by atoms with Crippen molar-refractivity contribution >= 4 is 5.91 Å². The van der Waals surface area contributed by atoms with Crippen LogP contribution >= 0.6 is 0 Å². The molecule has 0 atom stereocenters. The highest BCUT2D eigenvalue weighted by Gasteiger charge is 2.18. The van der Waals surface area contributed by atoms with Gasteiger partial charge in [-0.1, -0.05) is 36.4 Å². The molecule has 0 aliphatic carbocycles. The lowest BCUT2D eigenvalue weighted by Gasteiger charge is -2.20. The molecule has 21 heavy (non-hydrogen) atoms. The van der Waals surface area contributed by atoms with E-state index in [1.165, 1.54) is 0 Å². The molecule has 4 nitrogen and oxygen atoms in total. The van der Waals surface area contributed by atoms with Crippen LogP contribution in [0.1, 0.15) is 21.9 Å². The molecule has 0 bridgehead atoms. The maximum Gasteiger partial charge on any atom is 0.290 e. The van der Waals surface area contributed by atoms with E-state index in [2.05, 4.69) is 6.58 Å². The van der Waals surface area contributed by atoms with Gasteiger partial charge in [0.2, 0.25) is 0 Å². The molecule has 0 N–H and O–H groups in total. The highest BCUT2D eigenvalue weighted by atomic mass is 16.5. The Balaban J connectivity index is 2.12. The molecule has 0 spiro atoms. The van der Waals surface area contributed by atoms with Crippen molar-refractivity contribution in [3.05, 3.63) is 72.2 Å².